The van der Waals surface area contributed by atoms with E-state index in [-0.39, 0.29) is 0 Å². The molecule has 3 nitrogen and oxygen atoms in total. The Balaban J connectivity index is 1.99. The summed E-state index contributed by atoms with van der Waals surface area (Å²) in [4.78, 5) is 14.0. The molecule has 1 saturated heterocycles. The third kappa shape index (κ3) is 2.46. The van der Waals surface area contributed by atoms with Crippen molar-refractivity contribution in [2.24, 2.45) is 5.92 Å². The number of benzene rings is 1. The van der Waals surface area contributed by atoms with Gasteiger partial charge in [-0.1, -0.05) is 18.9 Å². The number of carboxylic acids is 1. The minimum Gasteiger partial charge on any atom is -0.478 e. The van der Waals surface area contributed by atoms with E-state index in [9.17, 15) is 9.90 Å². The van der Waals surface area contributed by atoms with E-state index in [1.54, 1.807) is 0 Å². The molecule has 2 aliphatic rings. The van der Waals surface area contributed by atoms with Crippen molar-refractivity contribution in [3.8, 4) is 0 Å². The molecule has 3 rings (SSSR count). The molecule has 1 N–H and O–H groups in total. The van der Waals surface area contributed by atoms with Crippen molar-refractivity contribution < 1.29 is 9.90 Å². The fraction of sp³-hybridized carbons (Fsp3) is 0.562. The topological polar surface area (TPSA) is 40.5 Å². The summed E-state index contributed by atoms with van der Waals surface area (Å²) < 4.78 is 0.681. The highest BCUT2D eigenvalue weighted by molar-refractivity contribution is 9.10. The molecule has 2 fully saturated rings. The highest BCUT2D eigenvalue weighted by Crippen LogP contribution is 2.40. The van der Waals surface area contributed by atoms with E-state index in [0.29, 0.717) is 16.1 Å². The summed E-state index contributed by atoms with van der Waals surface area (Å²) in [5.74, 6) is -0.0939. The minimum atomic E-state index is -0.842. The summed E-state index contributed by atoms with van der Waals surface area (Å²) in [6.45, 7) is 0.984. The number of carboxylic acid groups (broad SMARTS) is 1. The van der Waals surface area contributed by atoms with Gasteiger partial charge in [0, 0.05) is 17.1 Å². The van der Waals surface area contributed by atoms with E-state index >= 15 is 0 Å². The molecular formula is C16H20BrNO2. The molecule has 0 radical (unpaired) electrons. The Labute approximate surface area is 128 Å². The zero-order chi connectivity index (χ0) is 14.1. The Morgan fingerprint density at radius 1 is 1.20 bits per heavy atom. The summed E-state index contributed by atoms with van der Waals surface area (Å²) in [5.41, 5.74) is 1.31. The van der Waals surface area contributed by atoms with E-state index in [4.69, 9.17) is 0 Å². The van der Waals surface area contributed by atoms with Crippen molar-refractivity contribution in [3.05, 3.63) is 28.2 Å². The number of piperidine rings is 1. The molecule has 1 aliphatic heterocycles. The van der Waals surface area contributed by atoms with Crippen molar-refractivity contribution in [1.29, 1.82) is 0 Å². The summed E-state index contributed by atoms with van der Waals surface area (Å²) in [6, 6.07) is 6.25. The molecule has 1 aliphatic carbocycles. The van der Waals surface area contributed by atoms with Crippen LogP contribution in [-0.2, 0) is 0 Å². The second-order valence-corrected chi connectivity index (χ2v) is 6.74. The lowest BCUT2D eigenvalue weighted by Gasteiger charge is -2.46. The first-order valence-electron chi connectivity index (χ1n) is 7.47. The van der Waals surface area contributed by atoms with Crippen LogP contribution in [0.2, 0.25) is 0 Å². The van der Waals surface area contributed by atoms with Gasteiger partial charge in [-0.05, 0) is 59.7 Å². The van der Waals surface area contributed by atoms with Crippen molar-refractivity contribution in [1.82, 2.24) is 0 Å². The van der Waals surface area contributed by atoms with Crippen LogP contribution in [0.25, 0.3) is 0 Å². The minimum absolute atomic E-state index is 0.415. The Morgan fingerprint density at radius 3 is 2.75 bits per heavy atom. The molecule has 20 heavy (non-hydrogen) atoms. The standard InChI is InChI=1S/C16H20BrNO2/c17-12-7-3-9-14(15(12)16(19)20)18-10-4-6-11-5-1-2-8-13(11)18/h3,7,9,11,13H,1-2,4-6,8,10H2,(H,19,20). The molecule has 0 bridgehead atoms. The Bertz CT molecular complexity index is 515. The summed E-state index contributed by atoms with van der Waals surface area (Å²) in [5, 5.41) is 9.52. The molecule has 1 saturated carbocycles. The van der Waals surface area contributed by atoms with Crippen LogP contribution in [-0.4, -0.2) is 23.7 Å². The van der Waals surface area contributed by atoms with Gasteiger partial charge in [0.2, 0.25) is 0 Å². The molecule has 0 spiro atoms. The first-order valence-corrected chi connectivity index (χ1v) is 8.26. The van der Waals surface area contributed by atoms with Crippen molar-refractivity contribution >= 4 is 27.6 Å². The number of rotatable bonds is 2. The Morgan fingerprint density at radius 2 is 1.95 bits per heavy atom. The van der Waals surface area contributed by atoms with Crippen LogP contribution >= 0.6 is 15.9 Å². The number of carbonyl (C=O) groups is 1. The van der Waals surface area contributed by atoms with Crippen LogP contribution in [0, 0.1) is 5.92 Å². The third-order valence-electron chi connectivity index (χ3n) is 4.76. The summed E-state index contributed by atoms with van der Waals surface area (Å²) >= 11 is 3.39. The lowest BCUT2D eigenvalue weighted by atomic mass is 9.78. The van der Waals surface area contributed by atoms with Gasteiger partial charge in [0.25, 0.3) is 0 Å². The molecule has 0 aromatic heterocycles. The predicted molar refractivity (Wildman–Crippen MR) is 83.4 cm³/mol. The smallest absolute Gasteiger partial charge is 0.338 e. The molecule has 108 valence electrons. The first kappa shape index (κ1) is 13.9. The van der Waals surface area contributed by atoms with Crippen molar-refractivity contribution in [3.63, 3.8) is 0 Å². The van der Waals surface area contributed by atoms with E-state index in [1.165, 1.54) is 38.5 Å². The molecule has 4 heteroatoms. The quantitative estimate of drug-likeness (QED) is 0.874. The van der Waals surface area contributed by atoms with Crippen molar-refractivity contribution in [2.45, 2.75) is 44.6 Å². The number of nitrogens with zero attached hydrogens (tertiary/aromatic N) is 1. The molecular weight excluding hydrogens is 318 g/mol. The van der Waals surface area contributed by atoms with Gasteiger partial charge in [0.15, 0.2) is 0 Å². The maximum Gasteiger partial charge on any atom is 0.338 e. The van der Waals surface area contributed by atoms with E-state index in [1.807, 2.05) is 18.2 Å². The van der Waals surface area contributed by atoms with Crippen LogP contribution < -0.4 is 4.90 Å². The largest absolute Gasteiger partial charge is 0.478 e. The summed E-state index contributed by atoms with van der Waals surface area (Å²) in [7, 11) is 0. The first-order chi connectivity index (χ1) is 9.68. The van der Waals surface area contributed by atoms with Crippen LogP contribution in [0.5, 0.6) is 0 Å². The van der Waals surface area contributed by atoms with Crippen LogP contribution in [0.3, 0.4) is 0 Å². The highest BCUT2D eigenvalue weighted by atomic mass is 79.9. The molecule has 1 aromatic carbocycles. The third-order valence-corrected chi connectivity index (χ3v) is 5.42. The number of aromatic carboxylic acids is 1. The van der Waals surface area contributed by atoms with Gasteiger partial charge in [-0.25, -0.2) is 4.79 Å². The van der Waals surface area contributed by atoms with E-state index < -0.39 is 5.97 Å². The van der Waals surface area contributed by atoms with Gasteiger partial charge in [0.05, 0.1) is 11.3 Å². The lowest BCUT2D eigenvalue weighted by molar-refractivity contribution is 0.0696. The van der Waals surface area contributed by atoms with Crippen molar-refractivity contribution in [2.75, 3.05) is 11.4 Å². The van der Waals surface area contributed by atoms with Crippen LogP contribution in [0.1, 0.15) is 48.9 Å². The molecule has 2 atom stereocenters. The number of hydrogen-bond acceptors (Lipinski definition) is 2. The summed E-state index contributed by atoms with van der Waals surface area (Å²) in [6.07, 6.45) is 7.59. The maximum absolute atomic E-state index is 11.6. The monoisotopic (exact) mass is 337 g/mol. The van der Waals surface area contributed by atoms with Gasteiger partial charge < -0.3 is 10.0 Å². The zero-order valence-corrected chi connectivity index (χ0v) is 13.1. The fourth-order valence-corrected chi connectivity index (χ4v) is 4.41. The lowest BCUT2D eigenvalue weighted by Crippen LogP contribution is -2.47. The second kappa shape index (κ2) is 5.76. The average Bonchev–Trinajstić information content (AvgIpc) is 2.46. The van der Waals surface area contributed by atoms with Crippen LogP contribution in [0.15, 0.2) is 22.7 Å². The van der Waals surface area contributed by atoms with Crippen LogP contribution in [0.4, 0.5) is 5.69 Å². The van der Waals surface area contributed by atoms with Gasteiger partial charge >= 0.3 is 5.97 Å². The zero-order valence-electron chi connectivity index (χ0n) is 11.5. The van der Waals surface area contributed by atoms with Gasteiger partial charge in [-0.3, -0.25) is 0 Å². The molecule has 0 amide bonds. The van der Waals surface area contributed by atoms with Gasteiger partial charge in [-0.15, -0.1) is 0 Å². The fourth-order valence-electron chi connectivity index (χ4n) is 3.89. The number of fused-ring (bicyclic) bond motifs is 1. The predicted octanol–water partition coefficient (Wildman–Crippen LogP) is 4.31. The molecule has 1 heterocycles. The maximum atomic E-state index is 11.6. The SMILES string of the molecule is O=C(O)c1c(Br)cccc1N1CCCC2CCCCC21. The number of hydrogen-bond donors (Lipinski definition) is 1. The van der Waals surface area contributed by atoms with Gasteiger partial charge in [0.1, 0.15) is 0 Å². The normalized spacial score (nSPS) is 26.1. The average molecular weight is 338 g/mol. The molecule has 2 unspecified atom stereocenters. The highest BCUT2D eigenvalue weighted by Gasteiger charge is 2.35. The van der Waals surface area contributed by atoms with E-state index in [0.717, 1.165) is 18.2 Å². The number of halogens is 1. The van der Waals surface area contributed by atoms with E-state index in [2.05, 4.69) is 20.8 Å². The Hall–Kier alpha value is -1.03. The Kier molecular flexibility index (Phi) is 4.01. The molecule has 1 aromatic rings. The second-order valence-electron chi connectivity index (χ2n) is 5.89. The number of anilines is 1. The van der Waals surface area contributed by atoms with Gasteiger partial charge in [-0.2, -0.15) is 0 Å².